The van der Waals surface area contributed by atoms with Gasteiger partial charge in [0.25, 0.3) is 5.69 Å². The van der Waals surface area contributed by atoms with Gasteiger partial charge < -0.3 is 4.74 Å². The molecular weight excluding hydrogens is 372 g/mol. The van der Waals surface area contributed by atoms with Crippen LogP contribution in [-0.2, 0) is 11.5 Å². The minimum atomic E-state index is -0.498. The summed E-state index contributed by atoms with van der Waals surface area (Å²) in [4.78, 5) is 10.5. The quantitative estimate of drug-likeness (QED) is 0.262. The molecule has 18 heavy (non-hydrogen) atoms. The van der Waals surface area contributed by atoms with Gasteiger partial charge in [-0.1, -0.05) is 34.2 Å². The molecule has 0 fully saturated rings. The second-order valence-corrected chi connectivity index (χ2v) is 4.97. The highest BCUT2D eigenvalue weighted by atomic mass is 127. The molecule has 0 aliphatic carbocycles. The van der Waals surface area contributed by atoms with Crippen LogP contribution in [0.3, 0.4) is 0 Å². The van der Waals surface area contributed by atoms with Gasteiger partial charge in [0.2, 0.25) is 0 Å². The fourth-order valence-electron chi connectivity index (χ4n) is 1.57. The van der Waals surface area contributed by atoms with E-state index in [9.17, 15) is 10.1 Å². The summed E-state index contributed by atoms with van der Waals surface area (Å²) in [6, 6.07) is 3.13. The minimum absolute atomic E-state index is 0.111. The van der Waals surface area contributed by atoms with Crippen LogP contribution in [0.5, 0.6) is 0 Å². The third-order valence-corrected chi connectivity index (χ3v) is 3.03. The maximum absolute atomic E-state index is 11.0. The number of halogens is 2. The van der Waals surface area contributed by atoms with E-state index in [4.69, 9.17) is 16.3 Å². The number of fused-ring (bicyclic) bond motifs is 1. The van der Waals surface area contributed by atoms with Gasteiger partial charge in [-0.05, 0) is 12.1 Å². The fraction of sp³-hybridized carbons (Fsp3) is 0.300. The zero-order chi connectivity index (χ0) is 13.1. The Morgan fingerprint density at radius 3 is 3.00 bits per heavy atom. The predicted molar refractivity (Wildman–Crippen MR) is 76.2 cm³/mol. The first-order chi connectivity index (χ1) is 8.63. The first-order valence-electron chi connectivity index (χ1n) is 5.07. The number of nitro benzene ring substituents is 1. The number of hydrogen-bond donors (Lipinski definition) is 0. The number of rotatable bonds is 5. The second kappa shape index (κ2) is 5.81. The minimum Gasteiger partial charge on any atom is -0.358 e. The van der Waals surface area contributed by atoms with Gasteiger partial charge in [0.1, 0.15) is 11.8 Å². The Morgan fingerprint density at radius 2 is 2.33 bits per heavy atom. The standard InChI is InChI=1S/C10H9ClIN3O3/c11-8-1-2-9-7(10(8)15(16)17)5-14(13-9)6-18-4-3-12/h1-2,5H,3-4,6H2. The average molecular weight is 382 g/mol. The second-order valence-electron chi connectivity index (χ2n) is 3.48. The Kier molecular flexibility index (Phi) is 4.36. The molecule has 0 radical (unpaired) electrons. The number of benzene rings is 1. The lowest BCUT2D eigenvalue weighted by Crippen LogP contribution is -2.04. The van der Waals surface area contributed by atoms with E-state index in [1.54, 1.807) is 12.3 Å². The van der Waals surface area contributed by atoms with Crippen molar-refractivity contribution in [2.45, 2.75) is 6.73 Å². The molecule has 1 heterocycles. The lowest BCUT2D eigenvalue weighted by atomic mass is 10.2. The monoisotopic (exact) mass is 381 g/mol. The molecule has 0 amide bonds. The Labute approximate surface area is 121 Å². The molecule has 0 saturated carbocycles. The smallest absolute Gasteiger partial charge is 0.298 e. The lowest BCUT2D eigenvalue weighted by molar-refractivity contribution is -0.382. The van der Waals surface area contributed by atoms with E-state index in [0.717, 1.165) is 4.43 Å². The number of ether oxygens (including phenoxy) is 1. The maximum atomic E-state index is 11.0. The van der Waals surface area contributed by atoms with Crippen molar-refractivity contribution in [2.75, 3.05) is 11.0 Å². The van der Waals surface area contributed by atoms with E-state index < -0.39 is 4.92 Å². The van der Waals surface area contributed by atoms with Gasteiger partial charge >= 0.3 is 0 Å². The summed E-state index contributed by atoms with van der Waals surface area (Å²) in [5.41, 5.74) is 0.415. The van der Waals surface area contributed by atoms with Crippen molar-refractivity contribution in [1.82, 2.24) is 9.78 Å². The van der Waals surface area contributed by atoms with Crippen LogP contribution in [-0.4, -0.2) is 25.7 Å². The Bertz CT molecular complexity index is 587. The van der Waals surface area contributed by atoms with E-state index in [0.29, 0.717) is 17.5 Å². The number of hydrogen-bond acceptors (Lipinski definition) is 4. The van der Waals surface area contributed by atoms with Gasteiger partial charge in [-0.15, -0.1) is 0 Å². The van der Waals surface area contributed by atoms with Crippen molar-refractivity contribution in [2.24, 2.45) is 0 Å². The van der Waals surface area contributed by atoms with Crippen molar-refractivity contribution >= 4 is 50.8 Å². The first-order valence-corrected chi connectivity index (χ1v) is 6.97. The highest BCUT2D eigenvalue weighted by Gasteiger charge is 2.19. The maximum Gasteiger partial charge on any atom is 0.298 e. The van der Waals surface area contributed by atoms with E-state index >= 15 is 0 Å². The summed E-state index contributed by atoms with van der Waals surface area (Å²) in [6.45, 7) is 0.881. The summed E-state index contributed by atoms with van der Waals surface area (Å²) in [7, 11) is 0. The Hall–Kier alpha value is -0.930. The van der Waals surface area contributed by atoms with E-state index in [1.165, 1.54) is 10.7 Å². The fourth-order valence-corrected chi connectivity index (χ4v) is 2.11. The summed E-state index contributed by atoms with van der Waals surface area (Å²) in [6.07, 6.45) is 1.58. The third-order valence-electron chi connectivity index (χ3n) is 2.29. The molecule has 96 valence electrons. The number of aromatic nitrogens is 2. The summed E-state index contributed by atoms with van der Waals surface area (Å²) >= 11 is 8.02. The molecule has 0 saturated heterocycles. The molecule has 0 aliphatic heterocycles. The summed E-state index contributed by atoms with van der Waals surface area (Å²) in [5, 5.41) is 15.7. The van der Waals surface area contributed by atoms with Gasteiger partial charge in [0, 0.05) is 10.6 Å². The molecule has 2 rings (SSSR count). The largest absolute Gasteiger partial charge is 0.358 e. The molecule has 0 aliphatic rings. The van der Waals surface area contributed by atoms with E-state index in [1.807, 2.05) is 0 Å². The van der Waals surface area contributed by atoms with Crippen LogP contribution in [0.25, 0.3) is 10.9 Å². The molecule has 0 atom stereocenters. The zero-order valence-corrected chi connectivity index (χ0v) is 12.1. The topological polar surface area (TPSA) is 70.2 Å². The summed E-state index contributed by atoms with van der Waals surface area (Å²) < 4.78 is 7.73. The molecule has 6 nitrogen and oxygen atoms in total. The highest BCUT2D eigenvalue weighted by molar-refractivity contribution is 14.1. The van der Waals surface area contributed by atoms with Crippen LogP contribution in [0.2, 0.25) is 5.02 Å². The first kappa shape index (κ1) is 13.5. The molecule has 0 N–H and O–H groups in total. The number of nitro groups is 1. The SMILES string of the molecule is O=[N+]([O-])c1c(Cl)ccc2nn(COCCI)cc12. The molecule has 1 aromatic heterocycles. The van der Waals surface area contributed by atoms with Crippen LogP contribution >= 0.6 is 34.2 Å². The molecular formula is C10H9ClIN3O3. The predicted octanol–water partition coefficient (Wildman–Crippen LogP) is 3.01. The van der Waals surface area contributed by atoms with E-state index in [2.05, 4.69) is 27.7 Å². The molecule has 0 spiro atoms. The van der Waals surface area contributed by atoms with Gasteiger partial charge in [0.15, 0.2) is 0 Å². The molecule has 0 unspecified atom stereocenters. The Balaban J connectivity index is 2.38. The van der Waals surface area contributed by atoms with Gasteiger partial charge in [0.05, 0.1) is 22.4 Å². The normalized spacial score (nSPS) is 11.0. The van der Waals surface area contributed by atoms with Crippen molar-refractivity contribution in [3.8, 4) is 0 Å². The third kappa shape index (κ3) is 2.73. The average Bonchev–Trinajstić information content (AvgIpc) is 2.71. The van der Waals surface area contributed by atoms with Gasteiger partial charge in [-0.2, -0.15) is 5.10 Å². The molecule has 0 bridgehead atoms. The van der Waals surface area contributed by atoms with Crippen molar-refractivity contribution < 1.29 is 9.66 Å². The molecule has 1 aromatic carbocycles. The van der Waals surface area contributed by atoms with Crippen LogP contribution in [0.4, 0.5) is 5.69 Å². The van der Waals surface area contributed by atoms with Crippen molar-refractivity contribution in [3.05, 3.63) is 33.5 Å². The van der Waals surface area contributed by atoms with Gasteiger partial charge in [-0.3, -0.25) is 10.1 Å². The van der Waals surface area contributed by atoms with Crippen LogP contribution < -0.4 is 0 Å². The van der Waals surface area contributed by atoms with Crippen LogP contribution in [0.1, 0.15) is 0 Å². The zero-order valence-electron chi connectivity index (χ0n) is 9.18. The summed E-state index contributed by atoms with van der Waals surface area (Å²) in [5.74, 6) is 0. The van der Waals surface area contributed by atoms with E-state index in [-0.39, 0.29) is 17.4 Å². The number of alkyl halides is 1. The number of nitrogens with zero attached hydrogens (tertiary/aromatic N) is 3. The van der Waals surface area contributed by atoms with Gasteiger partial charge in [-0.25, -0.2) is 4.68 Å². The molecule has 2 aromatic rings. The lowest BCUT2D eigenvalue weighted by Gasteiger charge is -2.00. The molecule has 8 heteroatoms. The van der Waals surface area contributed by atoms with Crippen molar-refractivity contribution in [1.29, 1.82) is 0 Å². The van der Waals surface area contributed by atoms with Crippen molar-refractivity contribution in [3.63, 3.8) is 0 Å². The highest BCUT2D eigenvalue weighted by Crippen LogP contribution is 2.32. The Morgan fingerprint density at radius 1 is 1.56 bits per heavy atom. The van der Waals surface area contributed by atoms with Crippen LogP contribution in [0, 0.1) is 10.1 Å². The van der Waals surface area contributed by atoms with Crippen LogP contribution in [0.15, 0.2) is 18.3 Å².